The standard InChI is InChI=1S/C30H26N4.C16H12O3.CH2Cl2.ClHO4.Ni/c1-3-11-24(12-4-1)29-18-9-16-27(32-29)22-34(21-26-15-7-8-20-31-26)23-28-17-10-19-30(33-28)25-13-5-2-6-14-25;17-14(12-7-3-1-4-8-12)11-15(18)16(19)13-9-5-2-6-10-13;2-1-3;2-1(3,4)5;/h1-20H,21-23H2;1-11,18H;1H2;(H,2,3,4,5);/q;;;;+3/p-2/b;15-11-;;;. The number of halogens is 3. The molecule has 0 fully saturated rings. The van der Waals surface area contributed by atoms with Crippen LogP contribution in [0.15, 0.2) is 194 Å². The van der Waals surface area contributed by atoms with E-state index in [1.165, 1.54) is 0 Å². The van der Waals surface area contributed by atoms with Gasteiger partial charge in [0.25, 0.3) is 0 Å². The number of alkyl halides is 2. The molecule has 0 saturated carbocycles. The van der Waals surface area contributed by atoms with E-state index >= 15 is 0 Å². The molecule has 0 spiro atoms. The summed E-state index contributed by atoms with van der Waals surface area (Å²) in [6, 6.07) is 55.6. The van der Waals surface area contributed by atoms with Crippen molar-refractivity contribution in [3.8, 4) is 22.5 Å². The Morgan fingerprint density at radius 3 is 1.32 bits per heavy atom. The van der Waals surface area contributed by atoms with Crippen molar-refractivity contribution in [1.29, 1.82) is 0 Å². The molecule has 0 atom stereocenters. The van der Waals surface area contributed by atoms with E-state index in [9.17, 15) is 14.7 Å². The minimum atomic E-state index is -4.94. The maximum Gasteiger partial charge on any atom is 3.00 e. The molecule has 15 heteroatoms. The van der Waals surface area contributed by atoms with Crippen molar-refractivity contribution in [1.82, 2.24) is 19.9 Å². The van der Waals surface area contributed by atoms with Crippen LogP contribution in [0, 0.1) is 10.2 Å². The zero-order valence-corrected chi connectivity index (χ0v) is 36.1. The van der Waals surface area contributed by atoms with Gasteiger partial charge in [0.15, 0.2) is 11.6 Å². The van der Waals surface area contributed by atoms with Crippen LogP contribution in [0.4, 0.5) is 0 Å². The molecule has 0 bridgehead atoms. The van der Waals surface area contributed by atoms with Gasteiger partial charge in [-0.25, -0.2) is 18.6 Å². The molecule has 62 heavy (non-hydrogen) atoms. The molecular formula is C47H39Cl3N4NiO7+. The van der Waals surface area contributed by atoms with Crippen LogP contribution in [0.2, 0.25) is 0 Å². The molecule has 11 nitrogen and oxygen atoms in total. The minimum absolute atomic E-state index is 0. The van der Waals surface area contributed by atoms with Crippen LogP contribution >= 0.6 is 23.2 Å². The van der Waals surface area contributed by atoms with Gasteiger partial charge in [-0.1, -0.05) is 145 Å². The van der Waals surface area contributed by atoms with Crippen LogP contribution in [0.25, 0.3) is 22.5 Å². The molecule has 0 amide bonds. The fraction of sp³-hybridized carbons (Fsp3) is 0.0851. The quantitative estimate of drug-likeness (QED) is 0.0523. The fourth-order valence-corrected chi connectivity index (χ4v) is 5.62. The first-order chi connectivity index (χ1) is 29.4. The van der Waals surface area contributed by atoms with Gasteiger partial charge in [-0.3, -0.25) is 29.4 Å². The summed E-state index contributed by atoms with van der Waals surface area (Å²) in [5.41, 5.74) is 7.96. The van der Waals surface area contributed by atoms with E-state index in [-0.39, 0.29) is 27.4 Å². The molecule has 0 aliphatic rings. The van der Waals surface area contributed by atoms with Crippen LogP contribution in [-0.2, 0) is 36.1 Å². The normalized spacial score (nSPS) is 10.7. The van der Waals surface area contributed by atoms with Gasteiger partial charge in [0.1, 0.15) is 0 Å². The Morgan fingerprint density at radius 2 is 0.903 bits per heavy atom. The average Bonchev–Trinajstić information content (AvgIpc) is 3.28. The van der Waals surface area contributed by atoms with Crippen LogP contribution in [0.5, 0.6) is 0 Å². The second-order valence-corrected chi connectivity index (χ2v) is 14.2. The Morgan fingerprint density at radius 1 is 0.532 bits per heavy atom. The summed E-state index contributed by atoms with van der Waals surface area (Å²) in [7, 11) is -4.94. The maximum atomic E-state index is 11.8. The summed E-state index contributed by atoms with van der Waals surface area (Å²) < 4.78 is 34.0. The Hall–Kier alpha value is -5.63. The third kappa shape index (κ3) is 19.0. The fourth-order valence-electron chi connectivity index (χ4n) is 5.62. The smallest absolute Gasteiger partial charge is 0.870 e. The van der Waals surface area contributed by atoms with Crippen LogP contribution in [0.1, 0.15) is 37.8 Å². The summed E-state index contributed by atoms with van der Waals surface area (Å²) in [5, 5.41) is 11.9. The van der Waals surface area contributed by atoms with E-state index in [0.29, 0.717) is 18.7 Å². The first-order valence-corrected chi connectivity index (χ1v) is 20.7. The predicted octanol–water partition coefficient (Wildman–Crippen LogP) is 5.07. The van der Waals surface area contributed by atoms with E-state index in [1.54, 1.807) is 60.7 Å². The topological polar surface area (TPSA) is 191 Å². The number of Topliss-reactive ketones (excluding diaryl/α,β-unsaturated/α-hetero) is 1. The number of rotatable bonds is 12. The second-order valence-electron chi connectivity index (χ2n) is 12.6. The van der Waals surface area contributed by atoms with Gasteiger partial charge < -0.3 is 5.11 Å². The summed E-state index contributed by atoms with van der Waals surface area (Å²) in [6.07, 6.45) is 2.68. The van der Waals surface area contributed by atoms with Gasteiger partial charge in [-0.05, 0) is 42.5 Å². The van der Waals surface area contributed by atoms with Gasteiger partial charge in [-0.2, -0.15) is 0 Å². The van der Waals surface area contributed by atoms with Gasteiger partial charge >= 0.3 is 16.5 Å². The zero-order chi connectivity index (χ0) is 43.9. The van der Waals surface area contributed by atoms with E-state index in [2.05, 4.69) is 76.6 Å². The Kier molecular flexibility index (Phi) is 22.4. The molecule has 3 heterocycles. The van der Waals surface area contributed by atoms with E-state index in [0.717, 1.165) is 52.2 Å². The molecule has 0 unspecified atom stereocenters. The number of hydrogen-bond acceptors (Lipinski definition) is 11. The van der Waals surface area contributed by atoms with Crippen molar-refractivity contribution < 1.29 is 60.1 Å². The number of pyridine rings is 3. The summed E-state index contributed by atoms with van der Waals surface area (Å²) in [4.78, 5) is 40.3. The van der Waals surface area contributed by atoms with Crippen molar-refractivity contribution in [3.63, 3.8) is 0 Å². The molecule has 3 aromatic heterocycles. The zero-order valence-electron chi connectivity index (χ0n) is 32.8. The predicted molar refractivity (Wildman–Crippen MR) is 223 cm³/mol. The third-order valence-corrected chi connectivity index (χ3v) is 8.22. The number of hydrogen-bond donors (Lipinski definition) is 0. The van der Waals surface area contributed by atoms with Gasteiger partial charge in [-0.15, -0.1) is 33.4 Å². The van der Waals surface area contributed by atoms with Crippen molar-refractivity contribution in [2.75, 3.05) is 5.34 Å². The first-order valence-electron chi connectivity index (χ1n) is 18.4. The molecule has 0 aliphatic heterocycles. The second kappa shape index (κ2) is 27.3. The number of carbonyl (C=O) groups excluding carboxylic acids is 2. The van der Waals surface area contributed by atoms with Crippen molar-refractivity contribution in [2.45, 2.75) is 19.6 Å². The molecule has 0 aliphatic carbocycles. The summed E-state index contributed by atoms with van der Waals surface area (Å²) in [5.74, 6) is -1.94. The van der Waals surface area contributed by atoms with Crippen molar-refractivity contribution in [2.24, 2.45) is 0 Å². The largest absolute Gasteiger partial charge is 3.00 e. The SMILES string of the molecule is ClCCl.O=C(/C=C(\[O-])C(=O)c1ccccc1)c1ccccc1.[Ni+3].[O-][Cl+3]([O-])([O-])[O-].c1ccc(-c2cccc(CN(Cc3ccccn3)Cc3cccc(-c4ccccc4)n3)n2)cc1. The summed E-state index contributed by atoms with van der Waals surface area (Å²) >= 11 is 9.53. The van der Waals surface area contributed by atoms with Crippen LogP contribution in [-0.4, -0.2) is 36.8 Å². The number of allylic oxidation sites excluding steroid dienone is 2. The molecular weight excluding hydrogens is 898 g/mol. The molecule has 0 saturated heterocycles. The molecule has 7 aromatic rings. The van der Waals surface area contributed by atoms with Gasteiger partial charge in [0, 0.05) is 48.1 Å². The molecule has 1 radical (unpaired) electrons. The Labute approximate surface area is 382 Å². The minimum Gasteiger partial charge on any atom is -0.870 e. The maximum absolute atomic E-state index is 11.8. The number of aromatic nitrogens is 3. The van der Waals surface area contributed by atoms with Crippen molar-refractivity contribution >= 4 is 34.8 Å². The number of nitrogens with zero attached hydrogens (tertiary/aromatic N) is 4. The molecule has 319 valence electrons. The Bertz CT molecular complexity index is 2310. The molecule has 4 aromatic carbocycles. The monoisotopic (exact) mass is 934 g/mol. The van der Waals surface area contributed by atoms with Crippen LogP contribution in [0.3, 0.4) is 0 Å². The van der Waals surface area contributed by atoms with Gasteiger partial charge in [0.05, 0.1) is 33.8 Å². The van der Waals surface area contributed by atoms with Gasteiger partial charge in [0.2, 0.25) is 0 Å². The van der Waals surface area contributed by atoms with E-state index in [1.807, 2.05) is 54.7 Å². The summed E-state index contributed by atoms with van der Waals surface area (Å²) in [6.45, 7) is 2.12. The van der Waals surface area contributed by atoms with Crippen molar-refractivity contribution in [3.05, 3.63) is 222 Å². The average molecular weight is 937 g/mol. The first kappa shape index (κ1) is 50.7. The third-order valence-electron chi connectivity index (χ3n) is 8.22. The number of carbonyl (C=O) groups is 2. The van der Waals surface area contributed by atoms with Crippen LogP contribution < -0.4 is 23.7 Å². The number of ketones is 2. The molecule has 7 rings (SSSR count). The van der Waals surface area contributed by atoms with E-state index in [4.69, 9.17) is 51.8 Å². The Balaban J connectivity index is 0.000000308. The van der Waals surface area contributed by atoms with E-state index < -0.39 is 27.6 Å². The number of benzene rings is 4. The molecule has 0 N–H and O–H groups in total.